The van der Waals surface area contributed by atoms with Crippen molar-refractivity contribution in [2.24, 2.45) is 10.2 Å². The average Bonchev–Trinajstić information content (AvgIpc) is 3.04. The number of hydrogen-bond donors (Lipinski definition) is 3. The van der Waals surface area contributed by atoms with Crippen LogP contribution in [0.3, 0.4) is 0 Å². The van der Waals surface area contributed by atoms with Crippen LogP contribution in [0.15, 0.2) is 95.2 Å². The van der Waals surface area contributed by atoms with Gasteiger partial charge >= 0.3 is 6.03 Å². The molecule has 1 aromatic heterocycles. The molecule has 0 fully saturated rings. The molecule has 4 aromatic rings. The molecule has 8 heteroatoms. The number of nitrogens with zero attached hydrogens (tertiary/aromatic N) is 3. The fraction of sp³-hybridized carbons (Fsp3) is 0.0435. The molecule has 154 valence electrons. The van der Waals surface area contributed by atoms with Gasteiger partial charge in [-0.2, -0.15) is 0 Å². The van der Waals surface area contributed by atoms with Gasteiger partial charge in [0, 0.05) is 16.8 Å². The number of benzene rings is 3. The van der Waals surface area contributed by atoms with Crippen molar-refractivity contribution >= 4 is 39.9 Å². The fourth-order valence-corrected chi connectivity index (χ4v) is 3.16. The number of hydrogen-bond acceptors (Lipinski definition) is 4. The Bertz CT molecular complexity index is 1250. The lowest BCUT2D eigenvalue weighted by Gasteiger charge is -2.08. The van der Waals surface area contributed by atoms with Crippen molar-refractivity contribution in [3.05, 3.63) is 84.9 Å². The largest absolute Gasteiger partial charge is 0.493 e. The van der Waals surface area contributed by atoms with Gasteiger partial charge in [0.15, 0.2) is 5.69 Å². The Labute approximate surface area is 177 Å². The van der Waals surface area contributed by atoms with Crippen LogP contribution in [0.1, 0.15) is 0 Å². The Morgan fingerprint density at radius 2 is 1.39 bits per heavy atom. The highest BCUT2D eigenvalue weighted by molar-refractivity contribution is 5.98. The zero-order valence-corrected chi connectivity index (χ0v) is 16.4. The van der Waals surface area contributed by atoms with Crippen molar-refractivity contribution in [1.29, 1.82) is 0 Å². The third-order valence-corrected chi connectivity index (χ3v) is 4.54. The lowest BCUT2D eigenvalue weighted by Crippen LogP contribution is -2.18. The zero-order valence-electron chi connectivity index (χ0n) is 16.4. The Hall–Kier alpha value is -4.46. The third kappa shape index (κ3) is 4.59. The normalized spacial score (nSPS) is 11.0. The lowest BCUT2D eigenvalue weighted by atomic mass is 10.2. The van der Waals surface area contributed by atoms with Gasteiger partial charge in [-0.05, 0) is 30.3 Å². The number of carbonyl (C=O) groups excluding carboxylic acids is 2. The van der Waals surface area contributed by atoms with Gasteiger partial charge < -0.3 is 20.3 Å². The number of carbonyl (C=O) groups is 2. The van der Waals surface area contributed by atoms with Gasteiger partial charge in [-0.3, -0.25) is 4.79 Å². The van der Waals surface area contributed by atoms with Crippen molar-refractivity contribution in [2.45, 2.75) is 6.54 Å². The van der Waals surface area contributed by atoms with E-state index in [-0.39, 0.29) is 24.0 Å². The van der Waals surface area contributed by atoms with Crippen molar-refractivity contribution in [3.8, 4) is 5.88 Å². The van der Waals surface area contributed by atoms with E-state index in [0.717, 1.165) is 0 Å². The molecule has 3 amide bonds. The summed E-state index contributed by atoms with van der Waals surface area (Å²) in [7, 11) is 0. The van der Waals surface area contributed by atoms with Crippen LogP contribution >= 0.6 is 0 Å². The molecule has 3 aromatic carbocycles. The van der Waals surface area contributed by atoms with E-state index in [1.54, 1.807) is 60.7 Å². The smallest absolute Gasteiger partial charge is 0.364 e. The number of azo groups is 1. The van der Waals surface area contributed by atoms with Gasteiger partial charge in [0.2, 0.25) is 11.8 Å². The van der Waals surface area contributed by atoms with Crippen molar-refractivity contribution in [2.75, 3.05) is 10.6 Å². The highest BCUT2D eigenvalue weighted by atomic mass is 16.3. The quantitative estimate of drug-likeness (QED) is 0.386. The SMILES string of the molecule is O=C(Cn1c(O)c(N=NC(=O)Nc2ccccc2)c2ccccc21)Nc1ccccc1. The Morgan fingerprint density at radius 1 is 0.806 bits per heavy atom. The van der Waals surface area contributed by atoms with Gasteiger partial charge in [-0.15, -0.1) is 5.11 Å². The maximum atomic E-state index is 12.5. The van der Waals surface area contributed by atoms with E-state index in [9.17, 15) is 14.7 Å². The summed E-state index contributed by atoms with van der Waals surface area (Å²) in [6.45, 7) is -0.132. The number of urea groups is 1. The van der Waals surface area contributed by atoms with E-state index < -0.39 is 6.03 Å². The average molecular weight is 413 g/mol. The van der Waals surface area contributed by atoms with E-state index in [0.29, 0.717) is 22.3 Å². The minimum Gasteiger partial charge on any atom is -0.493 e. The van der Waals surface area contributed by atoms with Gasteiger partial charge in [0.1, 0.15) is 6.54 Å². The number of amides is 3. The summed E-state index contributed by atoms with van der Waals surface area (Å²) in [5.41, 5.74) is 1.95. The molecule has 0 aliphatic carbocycles. The summed E-state index contributed by atoms with van der Waals surface area (Å²) < 4.78 is 1.43. The maximum absolute atomic E-state index is 12.5. The Kier molecular flexibility index (Phi) is 5.70. The second-order valence-corrected chi connectivity index (χ2v) is 6.69. The first-order chi connectivity index (χ1) is 15.1. The summed E-state index contributed by atoms with van der Waals surface area (Å²) >= 11 is 0. The summed E-state index contributed by atoms with van der Waals surface area (Å²) in [6.07, 6.45) is 0. The van der Waals surface area contributed by atoms with Crippen LogP contribution in [-0.2, 0) is 11.3 Å². The Morgan fingerprint density at radius 3 is 2.06 bits per heavy atom. The molecule has 0 spiro atoms. The summed E-state index contributed by atoms with van der Waals surface area (Å²) in [4.78, 5) is 24.6. The number of rotatable bonds is 5. The molecule has 4 rings (SSSR count). The maximum Gasteiger partial charge on any atom is 0.364 e. The lowest BCUT2D eigenvalue weighted by molar-refractivity contribution is -0.116. The molecule has 1 heterocycles. The highest BCUT2D eigenvalue weighted by Crippen LogP contribution is 2.38. The molecule has 0 unspecified atom stereocenters. The van der Waals surface area contributed by atoms with Crippen molar-refractivity contribution < 1.29 is 14.7 Å². The molecule has 31 heavy (non-hydrogen) atoms. The van der Waals surface area contributed by atoms with Crippen LogP contribution in [0.25, 0.3) is 10.9 Å². The first kappa shape index (κ1) is 19.8. The third-order valence-electron chi connectivity index (χ3n) is 4.54. The van der Waals surface area contributed by atoms with Crippen molar-refractivity contribution in [3.63, 3.8) is 0 Å². The van der Waals surface area contributed by atoms with Crippen LogP contribution in [-0.4, -0.2) is 21.6 Å². The number of nitrogens with one attached hydrogen (secondary N) is 2. The molecule has 0 saturated carbocycles. The zero-order chi connectivity index (χ0) is 21.6. The van der Waals surface area contributed by atoms with Crippen LogP contribution in [0.5, 0.6) is 5.88 Å². The number of aromatic hydroxyl groups is 1. The molecule has 0 radical (unpaired) electrons. The number of aromatic nitrogens is 1. The van der Waals surface area contributed by atoms with Crippen LogP contribution in [0.2, 0.25) is 0 Å². The van der Waals surface area contributed by atoms with Crippen molar-refractivity contribution in [1.82, 2.24) is 4.57 Å². The van der Waals surface area contributed by atoms with Gasteiger partial charge in [0.25, 0.3) is 0 Å². The highest BCUT2D eigenvalue weighted by Gasteiger charge is 2.18. The molecule has 8 nitrogen and oxygen atoms in total. The van der Waals surface area contributed by atoms with Gasteiger partial charge in [-0.1, -0.05) is 59.7 Å². The van der Waals surface area contributed by atoms with E-state index in [2.05, 4.69) is 20.9 Å². The number of anilines is 2. The first-order valence-corrected chi connectivity index (χ1v) is 9.54. The monoisotopic (exact) mass is 413 g/mol. The summed E-state index contributed by atoms with van der Waals surface area (Å²) in [6, 6.07) is 24.3. The molecule has 3 N–H and O–H groups in total. The molecular formula is C23H19N5O3. The minimum absolute atomic E-state index is 0.117. The predicted molar refractivity (Wildman–Crippen MR) is 119 cm³/mol. The van der Waals surface area contributed by atoms with Gasteiger partial charge in [-0.25, -0.2) is 4.79 Å². The molecule has 0 saturated heterocycles. The second kappa shape index (κ2) is 8.91. The number of fused-ring (bicyclic) bond motifs is 1. The van der Waals surface area contributed by atoms with E-state index >= 15 is 0 Å². The topological polar surface area (TPSA) is 108 Å². The summed E-state index contributed by atoms with van der Waals surface area (Å²) in [5, 5.41) is 24.3. The van der Waals surface area contributed by atoms with E-state index in [1.807, 2.05) is 24.3 Å². The first-order valence-electron chi connectivity index (χ1n) is 9.54. The molecule has 0 aliphatic heterocycles. The van der Waals surface area contributed by atoms with Crippen LogP contribution in [0, 0.1) is 0 Å². The Balaban J connectivity index is 1.57. The van der Waals surface area contributed by atoms with Gasteiger partial charge in [0.05, 0.1) is 5.52 Å². The molecule has 0 aliphatic rings. The minimum atomic E-state index is -0.677. The van der Waals surface area contributed by atoms with E-state index in [1.165, 1.54) is 4.57 Å². The standard InChI is InChI=1S/C23H19N5O3/c29-20(24-16-9-3-1-4-10-16)15-28-19-14-8-7-13-18(19)21(22(28)30)26-27-23(31)25-17-11-5-2-6-12-17/h1-14,30H,15H2,(H,24,29)(H,25,31). The van der Waals surface area contributed by atoms with Crippen LogP contribution < -0.4 is 10.6 Å². The predicted octanol–water partition coefficient (Wildman–Crippen LogP) is 5.30. The number of para-hydroxylation sites is 3. The van der Waals surface area contributed by atoms with Crippen LogP contribution in [0.4, 0.5) is 21.9 Å². The molecular weight excluding hydrogens is 394 g/mol. The fourth-order valence-electron chi connectivity index (χ4n) is 3.16. The van der Waals surface area contributed by atoms with E-state index in [4.69, 9.17) is 0 Å². The summed E-state index contributed by atoms with van der Waals surface area (Å²) in [5.74, 6) is -0.562. The molecule has 0 atom stereocenters. The molecule has 0 bridgehead atoms. The second-order valence-electron chi connectivity index (χ2n) is 6.69.